The van der Waals surface area contributed by atoms with E-state index in [0.717, 1.165) is 77.0 Å². The largest absolute Gasteiger partial charge is 0.461 e. The fourth-order valence-corrected chi connectivity index (χ4v) is 7.51. The average Bonchev–Trinajstić information content (AvgIpc) is 3.05. The summed E-state index contributed by atoms with van der Waals surface area (Å²) in [7, 11) is 0. The number of esters is 1. The van der Waals surface area contributed by atoms with Crippen molar-refractivity contribution >= 4 is 11.9 Å². The molecule has 0 bridgehead atoms. The Balaban J connectivity index is 1.51. The second-order valence-electron chi connectivity index (χ2n) is 15.3. The summed E-state index contributed by atoms with van der Waals surface area (Å²) in [5, 5.41) is 3.08. The van der Waals surface area contributed by atoms with Gasteiger partial charge in [-0.25, -0.2) is 0 Å². The Labute approximate surface area is 285 Å². The van der Waals surface area contributed by atoms with Crippen LogP contribution < -0.4 is 5.32 Å². The molecular weight excluding hydrogens is 594 g/mol. The second-order valence-corrected chi connectivity index (χ2v) is 15.3. The quantitative estimate of drug-likeness (QED) is 0.125. The normalized spacial score (nSPS) is 30.9. The van der Waals surface area contributed by atoms with Crippen LogP contribution in [0.4, 0.5) is 0 Å². The number of amides is 1. The maximum atomic E-state index is 13.3. The smallest absolute Gasteiger partial charge is 0.311 e. The van der Waals surface area contributed by atoms with Crippen LogP contribution >= 0.6 is 0 Å². The molecule has 2 saturated heterocycles. The van der Waals surface area contributed by atoms with Gasteiger partial charge in [-0.2, -0.15) is 0 Å². The Kier molecular flexibility index (Phi) is 15.3. The van der Waals surface area contributed by atoms with E-state index in [1.807, 2.05) is 20.8 Å². The maximum absolute atomic E-state index is 13.3. The molecule has 0 radical (unpaired) electrons. The molecule has 8 heteroatoms. The van der Waals surface area contributed by atoms with Crippen LogP contribution in [0.1, 0.15) is 131 Å². The van der Waals surface area contributed by atoms with Crippen molar-refractivity contribution in [1.82, 2.24) is 5.32 Å². The first-order chi connectivity index (χ1) is 22.6. The zero-order chi connectivity index (χ0) is 33.8. The monoisotopic (exact) mass is 659 g/mol. The minimum Gasteiger partial charge on any atom is -0.461 e. The first-order valence-corrected chi connectivity index (χ1v) is 19.0. The van der Waals surface area contributed by atoms with E-state index in [0.29, 0.717) is 43.9 Å². The summed E-state index contributed by atoms with van der Waals surface area (Å²) >= 11 is 0. The van der Waals surface area contributed by atoms with Crippen molar-refractivity contribution < 1.29 is 33.3 Å². The molecule has 0 aromatic rings. The van der Waals surface area contributed by atoms with Gasteiger partial charge in [-0.05, 0) is 108 Å². The number of nitrogens with one attached hydrogen (secondary N) is 1. The van der Waals surface area contributed by atoms with Gasteiger partial charge in [0.15, 0.2) is 12.6 Å². The summed E-state index contributed by atoms with van der Waals surface area (Å²) in [5.41, 5.74) is 0.793. The fraction of sp³-hybridized carbons (Fsp3) is 0.846. The van der Waals surface area contributed by atoms with E-state index in [1.54, 1.807) is 0 Å². The Morgan fingerprint density at radius 1 is 1.00 bits per heavy atom. The summed E-state index contributed by atoms with van der Waals surface area (Å²) in [6, 6.07) is 0. The van der Waals surface area contributed by atoms with Gasteiger partial charge < -0.3 is 29.0 Å². The van der Waals surface area contributed by atoms with E-state index >= 15 is 0 Å². The van der Waals surface area contributed by atoms with E-state index < -0.39 is 5.41 Å². The summed E-state index contributed by atoms with van der Waals surface area (Å²) < 4.78 is 31.6. The van der Waals surface area contributed by atoms with E-state index in [1.165, 1.54) is 5.57 Å². The van der Waals surface area contributed by atoms with Crippen LogP contribution in [0.2, 0.25) is 0 Å². The number of unbranched alkanes of at least 4 members (excludes halogenated alkanes) is 1. The van der Waals surface area contributed by atoms with E-state index in [-0.39, 0.29) is 55.1 Å². The molecule has 9 atom stereocenters. The summed E-state index contributed by atoms with van der Waals surface area (Å²) in [6.07, 6.45) is 18.1. The van der Waals surface area contributed by atoms with Gasteiger partial charge in [-0.1, -0.05) is 52.3 Å². The molecule has 0 aromatic heterocycles. The summed E-state index contributed by atoms with van der Waals surface area (Å²) in [4.78, 5) is 26.4. The maximum Gasteiger partial charge on any atom is 0.311 e. The number of hydrogen-bond acceptors (Lipinski definition) is 7. The highest BCUT2D eigenvalue weighted by atomic mass is 16.7. The topological polar surface area (TPSA) is 92.3 Å². The van der Waals surface area contributed by atoms with Crippen LogP contribution in [0, 0.1) is 29.1 Å². The third-order valence-corrected chi connectivity index (χ3v) is 10.9. The minimum atomic E-state index is -0.505. The highest BCUT2D eigenvalue weighted by Crippen LogP contribution is 2.46. The van der Waals surface area contributed by atoms with E-state index in [2.05, 4.69) is 44.3 Å². The van der Waals surface area contributed by atoms with Crippen molar-refractivity contribution in [3.63, 3.8) is 0 Å². The van der Waals surface area contributed by atoms with Gasteiger partial charge in [0, 0.05) is 32.1 Å². The zero-order valence-electron chi connectivity index (χ0n) is 30.3. The summed E-state index contributed by atoms with van der Waals surface area (Å²) in [6.45, 7) is 14.7. The Hall–Kier alpha value is -1.74. The predicted octanol–water partition coefficient (Wildman–Crippen LogP) is 8.04. The molecule has 0 saturated carbocycles. The van der Waals surface area contributed by atoms with Gasteiger partial charge in [-0.3, -0.25) is 9.59 Å². The average molecular weight is 660 g/mol. The molecule has 1 N–H and O–H groups in total. The molecule has 0 aromatic carbocycles. The molecule has 2 fully saturated rings. The van der Waals surface area contributed by atoms with Crippen LogP contribution in [-0.2, 0) is 33.3 Å². The lowest BCUT2D eigenvalue weighted by atomic mass is 9.65. The van der Waals surface area contributed by atoms with Crippen molar-refractivity contribution in [3.05, 3.63) is 23.8 Å². The van der Waals surface area contributed by atoms with Crippen LogP contribution in [-0.4, -0.2) is 62.5 Å². The van der Waals surface area contributed by atoms with Crippen LogP contribution in [0.5, 0.6) is 0 Å². The van der Waals surface area contributed by atoms with Gasteiger partial charge in [0.2, 0.25) is 5.91 Å². The van der Waals surface area contributed by atoms with Crippen molar-refractivity contribution in [2.24, 2.45) is 29.1 Å². The van der Waals surface area contributed by atoms with Crippen molar-refractivity contribution in [2.75, 3.05) is 19.8 Å². The Bertz CT molecular complexity index is 1030. The van der Waals surface area contributed by atoms with Gasteiger partial charge in [0.05, 0.1) is 24.0 Å². The highest BCUT2D eigenvalue weighted by Gasteiger charge is 2.43. The summed E-state index contributed by atoms with van der Waals surface area (Å²) in [5.74, 6) is 1.07. The number of ether oxygens (including phenoxy) is 5. The molecule has 2 heterocycles. The molecule has 268 valence electrons. The van der Waals surface area contributed by atoms with Gasteiger partial charge in [0.25, 0.3) is 0 Å². The minimum absolute atomic E-state index is 0.0173. The van der Waals surface area contributed by atoms with Crippen molar-refractivity contribution in [2.45, 2.75) is 162 Å². The number of fused-ring (bicyclic) bond motifs is 1. The molecular formula is C39H65NO7. The first-order valence-electron chi connectivity index (χ1n) is 19.0. The lowest BCUT2D eigenvalue weighted by molar-refractivity contribution is -0.217. The Morgan fingerprint density at radius 2 is 1.68 bits per heavy atom. The molecule has 4 rings (SSSR count). The van der Waals surface area contributed by atoms with Crippen LogP contribution in [0.15, 0.2) is 23.8 Å². The van der Waals surface area contributed by atoms with Crippen molar-refractivity contribution in [3.8, 4) is 0 Å². The molecule has 0 spiro atoms. The molecule has 47 heavy (non-hydrogen) atoms. The van der Waals surface area contributed by atoms with Gasteiger partial charge in [-0.15, -0.1) is 0 Å². The first kappa shape index (κ1) is 38.1. The third-order valence-electron chi connectivity index (χ3n) is 10.9. The van der Waals surface area contributed by atoms with E-state index in [9.17, 15) is 9.59 Å². The Morgan fingerprint density at radius 3 is 2.30 bits per heavy atom. The standard InChI is InChI=1S/C39H65NO7/c1-7-9-20-40-34(41)26-31(46-36-15-11-13-22-44-36)25-30(45-35-14-10-12-21-43-35)18-19-32-28(4)16-17-29-23-27(3)24-33(37(29)32)47-38(42)39(5,6)8-2/h16-17,23,27-28,30-33,35-37H,7-15,18-22,24-26H2,1-6H3,(H,40,41)/t27-,28-,30+,31+,32-,33-,35?,36?,37-/m0/s1. The number of rotatable bonds is 17. The third kappa shape index (κ3) is 11.7. The van der Waals surface area contributed by atoms with Crippen LogP contribution in [0.25, 0.3) is 0 Å². The molecule has 1 amide bonds. The highest BCUT2D eigenvalue weighted by molar-refractivity contribution is 5.76. The number of allylic oxidation sites excluding steroid dienone is 3. The molecule has 4 aliphatic rings. The van der Waals surface area contributed by atoms with E-state index in [4.69, 9.17) is 23.7 Å². The second kappa shape index (κ2) is 18.9. The van der Waals surface area contributed by atoms with Gasteiger partial charge >= 0.3 is 5.97 Å². The van der Waals surface area contributed by atoms with Crippen molar-refractivity contribution in [1.29, 1.82) is 0 Å². The molecule has 2 aliphatic heterocycles. The number of carbonyl (C=O) groups is 2. The zero-order valence-corrected chi connectivity index (χ0v) is 30.3. The molecule has 2 aliphatic carbocycles. The predicted molar refractivity (Wildman–Crippen MR) is 184 cm³/mol. The van der Waals surface area contributed by atoms with Crippen LogP contribution in [0.3, 0.4) is 0 Å². The fourth-order valence-electron chi connectivity index (χ4n) is 7.51. The number of carbonyl (C=O) groups excluding carboxylic acids is 2. The van der Waals surface area contributed by atoms with Gasteiger partial charge in [0.1, 0.15) is 6.10 Å². The number of hydrogen-bond donors (Lipinski definition) is 1. The lowest BCUT2D eigenvalue weighted by Gasteiger charge is -2.44. The SMILES string of the molecule is CCCCNC(=O)C[C@@H](C[C@@H](CC[C@@H]1[C@@H]2C(=C[C@H](C)C[C@@H]2OC(=O)C(C)(C)CC)C=C[C@@H]1C)OC1CCCCO1)OC1CCCCO1. The molecule has 2 unspecified atom stereocenters. The molecule has 8 nitrogen and oxygen atoms in total. The lowest BCUT2D eigenvalue weighted by Crippen LogP contribution is -2.43.